The maximum atomic E-state index is 15.6. The van der Waals surface area contributed by atoms with Crippen molar-refractivity contribution < 1.29 is 47.6 Å². The first-order valence-electron chi connectivity index (χ1n) is 22.1. The van der Waals surface area contributed by atoms with Crippen LogP contribution in [0.5, 0.6) is 17.2 Å². The molecule has 4 aromatic rings. The minimum atomic E-state index is -1.06. The number of carboxylic acids is 1. The minimum Gasteiger partial charge on any atom is -0.487 e. The molecule has 13 nitrogen and oxygen atoms in total. The average molecular weight is 885 g/mol. The van der Waals surface area contributed by atoms with Crippen molar-refractivity contribution in [1.29, 1.82) is 0 Å². The molecule has 4 bridgehead atoms. The maximum absolute atomic E-state index is 15.6. The normalized spacial score (nSPS) is 23.2. The van der Waals surface area contributed by atoms with Crippen molar-refractivity contribution in [2.45, 2.75) is 70.3 Å². The van der Waals surface area contributed by atoms with E-state index in [0.29, 0.717) is 86.7 Å². The van der Waals surface area contributed by atoms with E-state index in [0.717, 1.165) is 28.9 Å². The molecule has 2 amide bonds. The monoisotopic (exact) mass is 884 g/mol. The van der Waals surface area contributed by atoms with Gasteiger partial charge in [-0.2, -0.15) is 0 Å². The summed E-state index contributed by atoms with van der Waals surface area (Å²) in [4.78, 5) is 41.4. The van der Waals surface area contributed by atoms with Crippen molar-refractivity contribution >= 4 is 34.3 Å². The Hall–Kier alpha value is -4.93. The first-order chi connectivity index (χ1) is 30.5. The molecule has 336 valence electrons. The molecule has 5 aliphatic rings. The van der Waals surface area contributed by atoms with Gasteiger partial charge >= 0.3 is 5.97 Å². The number of nitrogens with one attached hydrogen (secondary N) is 3. The summed E-state index contributed by atoms with van der Waals surface area (Å²) in [7, 11) is 0. The van der Waals surface area contributed by atoms with Gasteiger partial charge in [0.25, 0.3) is 0 Å². The molecule has 1 aromatic heterocycles. The van der Waals surface area contributed by atoms with E-state index in [1.807, 2.05) is 19.1 Å². The van der Waals surface area contributed by atoms with E-state index in [-0.39, 0.29) is 48.2 Å². The van der Waals surface area contributed by atoms with Crippen molar-refractivity contribution in [1.82, 2.24) is 15.6 Å². The Kier molecular flexibility index (Phi) is 14.4. The van der Waals surface area contributed by atoms with Crippen LogP contribution in [0.25, 0.3) is 11.1 Å². The maximum Gasteiger partial charge on any atom is 0.335 e. The fourth-order valence-corrected chi connectivity index (χ4v) is 11.2. The molecule has 3 aromatic carbocycles. The summed E-state index contributed by atoms with van der Waals surface area (Å²) in [5.41, 5.74) is 2.26. The molecule has 4 saturated carbocycles. The number of rotatable bonds is 22. The van der Waals surface area contributed by atoms with Crippen LogP contribution in [0, 0.1) is 29.0 Å². The summed E-state index contributed by atoms with van der Waals surface area (Å²) in [6.07, 6.45) is 10.9. The van der Waals surface area contributed by atoms with E-state index in [4.69, 9.17) is 23.7 Å². The Balaban J connectivity index is 0.803. The summed E-state index contributed by atoms with van der Waals surface area (Å²) < 4.78 is 45.3. The Bertz CT molecular complexity index is 2190. The van der Waals surface area contributed by atoms with E-state index in [9.17, 15) is 19.5 Å². The summed E-state index contributed by atoms with van der Waals surface area (Å²) in [6, 6.07) is 14.2. The highest BCUT2D eigenvalue weighted by molar-refractivity contribution is 7.13. The predicted octanol–water partition coefficient (Wildman–Crippen LogP) is 7.98. The number of anilines is 1. The third-order valence-corrected chi connectivity index (χ3v) is 13.7. The van der Waals surface area contributed by atoms with Crippen LogP contribution in [0.4, 0.5) is 9.52 Å². The van der Waals surface area contributed by atoms with E-state index in [1.54, 1.807) is 35.8 Å². The zero-order valence-corrected chi connectivity index (χ0v) is 36.6. The Morgan fingerprint density at radius 3 is 2.17 bits per heavy atom. The van der Waals surface area contributed by atoms with Gasteiger partial charge in [-0.1, -0.05) is 12.1 Å². The highest BCUT2D eigenvalue weighted by Crippen LogP contribution is 2.61. The highest BCUT2D eigenvalue weighted by Gasteiger charge is 2.51. The van der Waals surface area contributed by atoms with Crippen LogP contribution in [0.15, 0.2) is 66.2 Å². The molecule has 1 atom stereocenters. The summed E-state index contributed by atoms with van der Waals surface area (Å²) in [5, 5.41) is 21.0. The lowest BCUT2D eigenvalue weighted by molar-refractivity contribution is -0.129. The molecule has 4 fully saturated rings. The molecule has 15 heteroatoms. The van der Waals surface area contributed by atoms with E-state index < -0.39 is 17.3 Å². The van der Waals surface area contributed by atoms with Crippen LogP contribution in [-0.2, 0) is 35.8 Å². The zero-order valence-electron chi connectivity index (χ0n) is 35.8. The molecular formula is C48H57FN4O9S. The summed E-state index contributed by atoms with van der Waals surface area (Å²) in [6.45, 7) is 5.61. The molecule has 0 radical (unpaired) electrons. The van der Waals surface area contributed by atoms with Crippen LogP contribution in [0.3, 0.4) is 0 Å². The number of halogens is 1. The van der Waals surface area contributed by atoms with Gasteiger partial charge in [0.05, 0.1) is 45.2 Å². The average Bonchev–Trinajstić information content (AvgIpc) is 3.75. The van der Waals surface area contributed by atoms with Gasteiger partial charge in [0.1, 0.15) is 18.2 Å². The van der Waals surface area contributed by atoms with E-state index in [1.165, 1.54) is 68.1 Å². The molecule has 9 rings (SSSR count). The minimum absolute atomic E-state index is 0.108. The van der Waals surface area contributed by atoms with Gasteiger partial charge in [0, 0.05) is 54.7 Å². The van der Waals surface area contributed by atoms with Gasteiger partial charge in [-0.15, -0.1) is 11.3 Å². The van der Waals surface area contributed by atoms with Crippen LogP contribution < -0.4 is 25.4 Å². The number of fused-ring (bicyclic) bond motifs is 1. The number of thiazole rings is 1. The first-order valence-corrected chi connectivity index (χ1v) is 23.0. The van der Waals surface area contributed by atoms with Gasteiger partial charge < -0.3 is 44.7 Å². The van der Waals surface area contributed by atoms with E-state index >= 15 is 4.39 Å². The second kappa shape index (κ2) is 20.3. The van der Waals surface area contributed by atoms with Crippen LogP contribution in [0.2, 0.25) is 0 Å². The molecular weight excluding hydrogens is 828 g/mol. The fraction of sp³-hybridized carbons (Fsp3) is 0.500. The van der Waals surface area contributed by atoms with Crippen LogP contribution in [0.1, 0.15) is 79.8 Å². The van der Waals surface area contributed by atoms with Crippen molar-refractivity contribution in [2.75, 3.05) is 64.7 Å². The number of amides is 2. The highest BCUT2D eigenvalue weighted by atomic mass is 32.1. The van der Waals surface area contributed by atoms with Crippen LogP contribution in [-0.4, -0.2) is 87.2 Å². The molecule has 4 N–H and O–H groups in total. The number of aromatic carboxylic acids is 1. The number of carboxylic acid groups (broad SMARTS) is 1. The Morgan fingerprint density at radius 1 is 0.841 bits per heavy atom. The quantitative estimate of drug-likeness (QED) is 0.0566. The van der Waals surface area contributed by atoms with Crippen molar-refractivity contribution in [3.8, 4) is 28.4 Å². The molecule has 0 saturated heterocycles. The van der Waals surface area contributed by atoms with Crippen molar-refractivity contribution in [2.24, 2.45) is 23.2 Å². The topological polar surface area (TPSA) is 167 Å². The van der Waals surface area contributed by atoms with Gasteiger partial charge in [0.2, 0.25) is 11.8 Å². The van der Waals surface area contributed by atoms with Gasteiger partial charge in [-0.25, -0.2) is 14.2 Å². The molecule has 0 spiro atoms. The SMILES string of the molecule is C[C@]1(CC(=O)Nc2nccs2)NCCc2cc(OCCOCCOCCOCCNC(=O)CC34CC5CC(CC(C5)C3)C4)c(Oc3ccc(-c4ccc(C(=O)O)cc4)c(F)c3)cc21. The molecule has 0 unspecified atom stereocenters. The summed E-state index contributed by atoms with van der Waals surface area (Å²) in [5.74, 6) is 1.89. The molecule has 4 aliphatic carbocycles. The third kappa shape index (κ3) is 11.4. The number of hydrogen-bond donors (Lipinski definition) is 4. The zero-order chi connectivity index (χ0) is 43.8. The standard InChI is InChI=1S/C48H57FN4O9S/c1-47(29-44(55)53-46-51-11-19-63-46)39-25-42(62-37-6-7-38(40(49)24-37)34-2-4-35(5-3-34)45(56)57)41(23-36(39)8-9-52-47)61-18-17-60-16-15-59-14-13-58-12-10-50-43(54)30-48-26-31-20-32(27-48)22-33(21-31)28-48/h2-7,11,19,23-25,31-33,52H,8-10,12-18,20-22,26-30H2,1H3,(H,50,54)(H,56,57)(H,51,53,55)/t31?,32?,33?,47-,48?/m1/s1. The number of ether oxygens (including phenoxy) is 5. The third-order valence-electron chi connectivity index (χ3n) is 13.0. The lowest BCUT2D eigenvalue weighted by atomic mass is 9.49. The molecule has 1 aliphatic heterocycles. The molecule has 63 heavy (non-hydrogen) atoms. The second-order valence-electron chi connectivity index (χ2n) is 17.8. The molecule has 2 heterocycles. The first kappa shape index (κ1) is 44.7. The fourth-order valence-electron chi connectivity index (χ4n) is 10.6. The summed E-state index contributed by atoms with van der Waals surface area (Å²) >= 11 is 1.34. The number of benzene rings is 3. The van der Waals surface area contributed by atoms with Crippen molar-refractivity contribution in [3.05, 3.63) is 88.7 Å². The largest absolute Gasteiger partial charge is 0.487 e. The predicted molar refractivity (Wildman–Crippen MR) is 236 cm³/mol. The lowest BCUT2D eigenvalue weighted by Gasteiger charge is -2.56. The number of carbonyl (C=O) groups excluding carboxylic acids is 2. The van der Waals surface area contributed by atoms with E-state index in [2.05, 4.69) is 20.9 Å². The Morgan fingerprint density at radius 2 is 1.52 bits per heavy atom. The van der Waals surface area contributed by atoms with Gasteiger partial charge in [0.15, 0.2) is 16.6 Å². The Labute approximate surface area is 371 Å². The van der Waals surface area contributed by atoms with Crippen molar-refractivity contribution in [3.63, 3.8) is 0 Å². The number of aromatic nitrogens is 1. The number of nitrogens with zero attached hydrogens (tertiary/aromatic N) is 1. The lowest BCUT2D eigenvalue weighted by Crippen LogP contribution is -2.48. The second-order valence-corrected chi connectivity index (χ2v) is 18.7. The van der Waals surface area contributed by atoms with Gasteiger partial charge in [-0.05, 0) is 128 Å². The number of carbonyl (C=O) groups is 3. The smallest absolute Gasteiger partial charge is 0.335 e. The van der Waals surface area contributed by atoms with Crippen LogP contribution >= 0.6 is 11.3 Å². The van der Waals surface area contributed by atoms with Gasteiger partial charge in [-0.3, -0.25) is 9.59 Å². The number of hydrogen-bond acceptors (Lipinski definition) is 11.